The van der Waals surface area contributed by atoms with Gasteiger partial charge in [0, 0.05) is 17.0 Å². The summed E-state index contributed by atoms with van der Waals surface area (Å²) in [7, 11) is 0. The third-order valence-electron chi connectivity index (χ3n) is 3.57. The van der Waals surface area contributed by atoms with Crippen LogP contribution in [0.25, 0.3) is 0 Å². The van der Waals surface area contributed by atoms with Crippen molar-refractivity contribution in [1.29, 1.82) is 0 Å². The van der Waals surface area contributed by atoms with Crippen LogP contribution in [0.15, 0.2) is 10.0 Å². The van der Waals surface area contributed by atoms with E-state index in [1.807, 2.05) is 20.8 Å². The lowest BCUT2D eigenvalue weighted by Crippen LogP contribution is -2.37. The van der Waals surface area contributed by atoms with Crippen molar-refractivity contribution in [1.82, 2.24) is 15.5 Å². The Morgan fingerprint density at radius 3 is 2.65 bits per heavy atom. The van der Waals surface area contributed by atoms with Gasteiger partial charge in [-0.2, -0.15) is 0 Å². The monoisotopic (exact) mass is 336 g/mol. The number of aryl methyl sites for hydroxylation is 2. The van der Waals surface area contributed by atoms with Gasteiger partial charge in [0.1, 0.15) is 10.8 Å². The molecule has 2 aromatic heterocycles. The van der Waals surface area contributed by atoms with Crippen LogP contribution >= 0.6 is 11.3 Å². The molecule has 1 unspecified atom stereocenters. The van der Waals surface area contributed by atoms with Gasteiger partial charge in [-0.1, -0.05) is 25.9 Å². The maximum Gasteiger partial charge on any atom is 0.320 e. The van der Waals surface area contributed by atoms with Gasteiger partial charge in [-0.3, -0.25) is 5.32 Å². The molecular weight excluding hydrogens is 312 g/mol. The summed E-state index contributed by atoms with van der Waals surface area (Å²) in [5, 5.41) is 10.6. The molecule has 2 aromatic rings. The van der Waals surface area contributed by atoms with Crippen LogP contribution in [0.1, 0.15) is 50.4 Å². The van der Waals surface area contributed by atoms with E-state index in [2.05, 4.69) is 41.5 Å². The number of rotatable bonds is 4. The molecule has 2 N–H and O–H groups in total. The molecule has 0 aliphatic rings. The van der Waals surface area contributed by atoms with Gasteiger partial charge in [0.05, 0.1) is 16.9 Å². The molecule has 0 aliphatic heterocycles. The Bertz CT molecular complexity index is 665. The van der Waals surface area contributed by atoms with E-state index in [1.54, 1.807) is 5.51 Å². The molecule has 6 nitrogen and oxygen atoms in total. The predicted molar refractivity (Wildman–Crippen MR) is 92.1 cm³/mol. The summed E-state index contributed by atoms with van der Waals surface area (Å²) in [4.78, 5) is 16.6. The fourth-order valence-electron chi connectivity index (χ4n) is 2.38. The minimum Gasteiger partial charge on any atom is -0.361 e. The molecule has 2 amide bonds. The molecule has 0 aliphatic carbocycles. The van der Waals surface area contributed by atoms with E-state index >= 15 is 0 Å². The smallest absolute Gasteiger partial charge is 0.320 e. The fraction of sp³-hybridized carbons (Fsp3) is 0.562. The highest BCUT2D eigenvalue weighted by Gasteiger charge is 2.22. The molecule has 126 valence electrons. The summed E-state index contributed by atoms with van der Waals surface area (Å²) in [5.74, 6) is 0.800. The van der Waals surface area contributed by atoms with Crippen molar-refractivity contribution < 1.29 is 9.32 Å². The Hall–Kier alpha value is -1.89. The lowest BCUT2D eigenvalue weighted by molar-refractivity contribution is 0.249. The zero-order valence-corrected chi connectivity index (χ0v) is 15.3. The largest absolute Gasteiger partial charge is 0.361 e. The summed E-state index contributed by atoms with van der Waals surface area (Å²) >= 11 is 1.43. The average molecular weight is 336 g/mol. The Morgan fingerprint density at radius 1 is 1.39 bits per heavy atom. The summed E-state index contributed by atoms with van der Waals surface area (Å²) in [6.45, 7) is 12.0. The Kier molecular flexibility index (Phi) is 5.09. The van der Waals surface area contributed by atoms with Crippen molar-refractivity contribution in [2.24, 2.45) is 0 Å². The molecule has 0 bridgehead atoms. The quantitative estimate of drug-likeness (QED) is 0.890. The number of nitrogens with one attached hydrogen (secondary N) is 2. The predicted octanol–water partition coefficient (Wildman–Crippen LogP) is 3.80. The van der Waals surface area contributed by atoms with Gasteiger partial charge in [-0.05, 0) is 27.2 Å². The van der Waals surface area contributed by atoms with E-state index in [-0.39, 0.29) is 17.5 Å². The second-order valence-corrected chi connectivity index (χ2v) is 7.64. The van der Waals surface area contributed by atoms with Gasteiger partial charge in [0.2, 0.25) is 0 Å². The molecule has 1 atom stereocenters. The maximum absolute atomic E-state index is 12.2. The first-order chi connectivity index (χ1) is 10.7. The molecule has 2 heterocycles. The summed E-state index contributed by atoms with van der Waals surface area (Å²) in [6.07, 6.45) is 0.684. The Labute approximate surface area is 140 Å². The van der Waals surface area contributed by atoms with Crippen LogP contribution in [0.3, 0.4) is 0 Å². The molecule has 7 heteroatoms. The highest BCUT2D eigenvalue weighted by atomic mass is 32.1. The van der Waals surface area contributed by atoms with E-state index in [4.69, 9.17) is 4.52 Å². The van der Waals surface area contributed by atoms with Crippen LogP contribution in [-0.4, -0.2) is 22.2 Å². The third kappa shape index (κ3) is 4.31. The molecule has 0 saturated carbocycles. The van der Waals surface area contributed by atoms with Crippen LogP contribution < -0.4 is 10.6 Å². The molecular formula is C16H24N4O2S. The number of anilines is 1. The van der Waals surface area contributed by atoms with Gasteiger partial charge in [0.25, 0.3) is 0 Å². The second-order valence-electron chi connectivity index (χ2n) is 6.79. The topological polar surface area (TPSA) is 80.0 Å². The number of urea groups is 1. The Balaban J connectivity index is 1.96. The number of amides is 2. The summed E-state index contributed by atoms with van der Waals surface area (Å²) in [6, 6.07) is -0.253. The van der Waals surface area contributed by atoms with Gasteiger partial charge in [0.15, 0.2) is 0 Å². The lowest BCUT2D eigenvalue weighted by Gasteiger charge is -2.19. The molecule has 2 rings (SSSR count). The number of nitrogens with zero attached hydrogens (tertiary/aromatic N) is 2. The first-order valence-electron chi connectivity index (χ1n) is 7.61. The van der Waals surface area contributed by atoms with Gasteiger partial charge >= 0.3 is 6.03 Å². The summed E-state index contributed by atoms with van der Waals surface area (Å²) in [5.41, 5.74) is 4.46. The maximum atomic E-state index is 12.2. The number of hydrogen-bond acceptors (Lipinski definition) is 5. The van der Waals surface area contributed by atoms with Gasteiger partial charge < -0.3 is 9.84 Å². The number of thiazole rings is 1. The Morgan fingerprint density at radius 2 is 2.09 bits per heavy atom. The molecule has 0 spiro atoms. The van der Waals surface area contributed by atoms with Crippen LogP contribution in [0.5, 0.6) is 0 Å². The van der Waals surface area contributed by atoms with Crippen molar-refractivity contribution in [3.05, 3.63) is 28.2 Å². The van der Waals surface area contributed by atoms with E-state index in [0.29, 0.717) is 6.42 Å². The van der Waals surface area contributed by atoms with Crippen molar-refractivity contribution in [2.75, 3.05) is 5.32 Å². The van der Waals surface area contributed by atoms with Gasteiger partial charge in [-0.25, -0.2) is 9.78 Å². The normalized spacial score (nSPS) is 13.0. The van der Waals surface area contributed by atoms with Crippen LogP contribution in [0.4, 0.5) is 9.80 Å². The SMILES string of the molecule is Cc1noc(C)c1CC(C)NC(=O)Nc1scnc1C(C)(C)C. The van der Waals surface area contributed by atoms with E-state index in [9.17, 15) is 4.79 Å². The van der Waals surface area contributed by atoms with Crippen molar-refractivity contribution in [3.8, 4) is 0 Å². The van der Waals surface area contributed by atoms with Crippen molar-refractivity contribution in [3.63, 3.8) is 0 Å². The first kappa shape index (κ1) is 17.5. The number of aromatic nitrogens is 2. The van der Waals surface area contributed by atoms with Crippen LogP contribution in [0.2, 0.25) is 0 Å². The highest BCUT2D eigenvalue weighted by molar-refractivity contribution is 7.14. The standard InChI is InChI=1S/C16H24N4O2S/c1-9(7-12-10(2)20-22-11(12)3)18-15(21)19-14-13(16(4,5)6)17-8-23-14/h8-9H,7H2,1-6H3,(H2,18,19,21). The molecule has 0 saturated heterocycles. The first-order valence-corrected chi connectivity index (χ1v) is 8.49. The van der Waals surface area contributed by atoms with Gasteiger partial charge in [-0.15, -0.1) is 11.3 Å². The highest BCUT2D eigenvalue weighted by Crippen LogP contribution is 2.31. The zero-order valence-electron chi connectivity index (χ0n) is 14.5. The second kappa shape index (κ2) is 6.70. The zero-order chi connectivity index (χ0) is 17.2. The number of carbonyl (C=O) groups is 1. The van der Waals surface area contributed by atoms with E-state index in [0.717, 1.165) is 27.7 Å². The van der Waals surface area contributed by atoms with Crippen molar-refractivity contribution >= 4 is 22.4 Å². The minimum absolute atomic E-state index is 0.0298. The number of hydrogen-bond donors (Lipinski definition) is 2. The fourth-order valence-corrected chi connectivity index (χ4v) is 3.27. The molecule has 0 fully saturated rings. The molecule has 0 aromatic carbocycles. The number of carbonyl (C=O) groups excluding carboxylic acids is 1. The third-order valence-corrected chi connectivity index (χ3v) is 4.32. The molecule has 0 radical (unpaired) electrons. The molecule has 23 heavy (non-hydrogen) atoms. The lowest BCUT2D eigenvalue weighted by atomic mass is 9.92. The van der Waals surface area contributed by atoms with Crippen molar-refractivity contribution in [2.45, 2.75) is 59.4 Å². The summed E-state index contributed by atoms with van der Waals surface area (Å²) < 4.78 is 5.15. The van der Waals surface area contributed by atoms with E-state index in [1.165, 1.54) is 11.3 Å². The van der Waals surface area contributed by atoms with Crippen LogP contribution in [0, 0.1) is 13.8 Å². The average Bonchev–Trinajstić information content (AvgIpc) is 3.00. The van der Waals surface area contributed by atoms with Crippen LogP contribution in [-0.2, 0) is 11.8 Å². The van der Waals surface area contributed by atoms with E-state index < -0.39 is 0 Å². The minimum atomic E-state index is -0.223.